The van der Waals surface area contributed by atoms with Gasteiger partial charge in [-0.15, -0.1) is 0 Å². The maximum atomic E-state index is 12.3. The van der Waals surface area contributed by atoms with E-state index in [1.807, 2.05) is 25.1 Å². The summed E-state index contributed by atoms with van der Waals surface area (Å²) in [5.74, 6) is 0.00815. The van der Waals surface area contributed by atoms with Crippen molar-refractivity contribution in [3.63, 3.8) is 0 Å². The van der Waals surface area contributed by atoms with Crippen LogP contribution in [0.4, 0.5) is 5.69 Å². The number of carbonyl (C=O) groups excluding carboxylic acids is 1. The number of aryl methyl sites for hydroxylation is 1. The molecule has 0 unspecified atom stereocenters. The fourth-order valence-corrected chi connectivity index (χ4v) is 2.47. The lowest BCUT2D eigenvalue weighted by Crippen LogP contribution is -2.44. The average molecular weight is 267 g/mol. The lowest BCUT2D eigenvalue weighted by Gasteiger charge is -2.25. The van der Waals surface area contributed by atoms with Crippen molar-refractivity contribution >= 4 is 11.6 Å². The van der Waals surface area contributed by atoms with Crippen molar-refractivity contribution in [1.82, 2.24) is 10.3 Å². The molecule has 20 heavy (non-hydrogen) atoms. The molecule has 1 atom stereocenters. The number of carbonyl (C=O) groups is 1. The molecule has 0 saturated carbocycles. The first-order chi connectivity index (χ1) is 9.74. The molecule has 1 amide bonds. The number of hydrogen-bond acceptors (Lipinski definition) is 3. The van der Waals surface area contributed by atoms with Gasteiger partial charge < -0.3 is 10.6 Å². The van der Waals surface area contributed by atoms with Gasteiger partial charge in [0, 0.05) is 24.6 Å². The molecule has 0 aliphatic carbocycles. The van der Waals surface area contributed by atoms with Crippen molar-refractivity contribution in [3.8, 4) is 0 Å². The molecule has 0 fully saturated rings. The number of pyridine rings is 1. The molecule has 0 bridgehead atoms. The normalized spacial score (nSPS) is 17.4. The van der Waals surface area contributed by atoms with Gasteiger partial charge in [-0.3, -0.25) is 9.78 Å². The van der Waals surface area contributed by atoms with Crippen molar-refractivity contribution < 1.29 is 4.79 Å². The zero-order valence-electron chi connectivity index (χ0n) is 11.4. The monoisotopic (exact) mass is 267 g/mol. The molecule has 2 heterocycles. The minimum atomic E-state index is -0.183. The van der Waals surface area contributed by atoms with E-state index in [1.54, 1.807) is 12.4 Å². The van der Waals surface area contributed by atoms with Crippen LogP contribution < -0.4 is 10.6 Å². The summed E-state index contributed by atoms with van der Waals surface area (Å²) in [7, 11) is 0. The fourth-order valence-electron chi connectivity index (χ4n) is 2.47. The van der Waals surface area contributed by atoms with Crippen LogP contribution >= 0.6 is 0 Å². The summed E-state index contributed by atoms with van der Waals surface area (Å²) in [5.41, 5.74) is 4.32. The van der Waals surface area contributed by atoms with Crippen molar-refractivity contribution in [2.45, 2.75) is 25.9 Å². The Hall–Kier alpha value is -2.20. The second-order valence-corrected chi connectivity index (χ2v) is 5.09. The van der Waals surface area contributed by atoms with Crippen molar-refractivity contribution in [2.24, 2.45) is 0 Å². The molecule has 0 saturated heterocycles. The molecular weight excluding hydrogens is 250 g/mol. The summed E-state index contributed by atoms with van der Waals surface area (Å²) in [6.45, 7) is 2.68. The van der Waals surface area contributed by atoms with Gasteiger partial charge in [-0.05, 0) is 36.1 Å². The Kier molecular flexibility index (Phi) is 3.48. The van der Waals surface area contributed by atoms with E-state index >= 15 is 0 Å². The molecule has 1 aromatic heterocycles. The van der Waals surface area contributed by atoms with Gasteiger partial charge in [0.2, 0.25) is 5.91 Å². The number of benzene rings is 1. The maximum absolute atomic E-state index is 12.3. The second kappa shape index (κ2) is 5.43. The van der Waals surface area contributed by atoms with Gasteiger partial charge in [0.15, 0.2) is 0 Å². The third kappa shape index (κ3) is 2.56. The summed E-state index contributed by atoms with van der Waals surface area (Å²) < 4.78 is 0. The van der Waals surface area contributed by atoms with Crippen LogP contribution in [0.3, 0.4) is 0 Å². The molecule has 1 aromatic carbocycles. The van der Waals surface area contributed by atoms with E-state index in [0.717, 1.165) is 24.2 Å². The lowest BCUT2D eigenvalue weighted by atomic mass is 9.95. The van der Waals surface area contributed by atoms with Gasteiger partial charge in [0.25, 0.3) is 0 Å². The highest BCUT2D eigenvalue weighted by Crippen LogP contribution is 2.18. The number of aromatic nitrogens is 1. The first-order valence-electron chi connectivity index (χ1n) is 6.75. The van der Waals surface area contributed by atoms with Crippen molar-refractivity contribution in [3.05, 3.63) is 59.4 Å². The van der Waals surface area contributed by atoms with Crippen LogP contribution in [-0.4, -0.2) is 16.9 Å². The third-order valence-electron chi connectivity index (χ3n) is 3.68. The number of hydrogen-bond donors (Lipinski definition) is 2. The number of anilines is 1. The van der Waals surface area contributed by atoms with Crippen LogP contribution in [0.25, 0.3) is 0 Å². The molecule has 4 heteroatoms. The van der Waals surface area contributed by atoms with Crippen molar-refractivity contribution in [2.75, 3.05) is 5.32 Å². The predicted molar refractivity (Wildman–Crippen MR) is 78.4 cm³/mol. The fraction of sp³-hybridized carbons (Fsp3) is 0.250. The highest BCUT2D eigenvalue weighted by Gasteiger charge is 2.24. The van der Waals surface area contributed by atoms with Crippen LogP contribution in [0.15, 0.2) is 42.7 Å². The Bertz CT molecular complexity index is 639. The maximum Gasteiger partial charge on any atom is 0.241 e. The van der Waals surface area contributed by atoms with E-state index < -0.39 is 0 Å². The smallest absolute Gasteiger partial charge is 0.241 e. The zero-order valence-corrected chi connectivity index (χ0v) is 11.4. The standard InChI is InChI=1S/C16H17N3O/c1-11-9-17-7-6-14(11)19-16(20)15-8-12-4-2-3-5-13(12)10-18-15/h2-7,9,15,18H,8,10H2,1H3,(H,17,19,20)/t15-/m1/s1. The van der Waals surface area contributed by atoms with E-state index in [9.17, 15) is 4.79 Å². The largest absolute Gasteiger partial charge is 0.324 e. The van der Waals surface area contributed by atoms with Gasteiger partial charge >= 0.3 is 0 Å². The highest BCUT2D eigenvalue weighted by atomic mass is 16.2. The number of rotatable bonds is 2. The van der Waals surface area contributed by atoms with E-state index in [0.29, 0.717) is 0 Å². The number of nitrogens with one attached hydrogen (secondary N) is 2. The summed E-state index contributed by atoms with van der Waals surface area (Å²) in [6.07, 6.45) is 4.16. The molecule has 4 nitrogen and oxygen atoms in total. The Balaban J connectivity index is 1.72. The lowest BCUT2D eigenvalue weighted by molar-refractivity contribution is -0.118. The van der Waals surface area contributed by atoms with Gasteiger partial charge in [-0.2, -0.15) is 0 Å². The molecule has 102 valence electrons. The number of amides is 1. The molecular formula is C16H17N3O. The summed E-state index contributed by atoms with van der Waals surface area (Å²) in [6, 6.07) is 9.88. The van der Waals surface area contributed by atoms with Gasteiger partial charge in [0.05, 0.1) is 6.04 Å². The molecule has 2 N–H and O–H groups in total. The minimum Gasteiger partial charge on any atom is -0.324 e. The summed E-state index contributed by atoms with van der Waals surface area (Å²) in [5, 5.41) is 6.26. The van der Waals surface area contributed by atoms with Gasteiger partial charge in [0.1, 0.15) is 0 Å². The highest BCUT2D eigenvalue weighted by molar-refractivity contribution is 5.95. The molecule has 1 aliphatic heterocycles. The molecule has 2 aromatic rings. The van der Waals surface area contributed by atoms with E-state index in [1.165, 1.54) is 11.1 Å². The van der Waals surface area contributed by atoms with Crippen LogP contribution in [0.5, 0.6) is 0 Å². The second-order valence-electron chi connectivity index (χ2n) is 5.09. The Morgan fingerprint density at radius 3 is 2.90 bits per heavy atom. The van der Waals surface area contributed by atoms with Gasteiger partial charge in [-0.25, -0.2) is 0 Å². The Morgan fingerprint density at radius 1 is 1.30 bits per heavy atom. The Morgan fingerprint density at radius 2 is 2.10 bits per heavy atom. The van der Waals surface area contributed by atoms with Crippen LogP contribution in [0.1, 0.15) is 16.7 Å². The van der Waals surface area contributed by atoms with E-state index in [2.05, 4.69) is 27.8 Å². The third-order valence-corrected chi connectivity index (χ3v) is 3.68. The van der Waals surface area contributed by atoms with Gasteiger partial charge in [-0.1, -0.05) is 24.3 Å². The summed E-state index contributed by atoms with van der Waals surface area (Å²) in [4.78, 5) is 16.4. The molecule has 1 aliphatic rings. The molecule has 0 spiro atoms. The average Bonchev–Trinajstić information content (AvgIpc) is 2.49. The zero-order chi connectivity index (χ0) is 13.9. The van der Waals surface area contributed by atoms with E-state index in [4.69, 9.17) is 0 Å². The topological polar surface area (TPSA) is 54.0 Å². The number of fused-ring (bicyclic) bond motifs is 1. The predicted octanol–water partition coefficient (Wildman–Crippen LogP) is 2.04. The molecule has 0 radical (unpaired) electrons. The van der Waals surface area contributed by atoms with Crippen molar-refractivity contribution in [1.29, 1.82) is 0 Å². The Labute approximate surface area is 118 Å². The first-order valence-corrected chi connectivity index (χ1v) is 6.75. The van der Waals surface area contributed by atoms with E-state index in [-0.39, 0.29) is 11.9 Å². The molecule has 3 rings (SSSR count). The van der Waals surface area contributed by atoms with Crippen LogP contribution in [0.2, 0.25) is 0 Å². The SMILES string of the molecule is Cc1cnccc1NC(=O)[C@H]1Cc2ccccc2CN1. The number of nitrogens with zero attached hydrogens (tertiary/aromatic N) is 1. The quantitative estimate of drug-likeness (QED) is 0.875. The van der Waals surface area contributed by atoms with Crippen LogP contribution in [-0.2, 0) is 17.8 Å². The first kappa shape index (κ1) is 12.8. The van der Waals surface area contributed by atoms with Crippen LogP contribution in [0, 0.1) is 6.92 Å². The summed E-state index contributed by atoms with van der Waals surface area (Å²) >= 11 is 0. The minimum absolute atomic E-state index is 0.00815.